The van der Waals surface area contributed by atoms with Crippen molar-refractivity contribution in [3.05, 3.63) is 23.8 Å². The van der Waals surface area contributed by atoms with Gasteiger partial charge in [0.2, 0.25) is 0 Å². The smallest absolute Gasteiger partial charge is 0.271 e. The molecule has 1 unspecified atom stereocenters. The SMILES string of the molecule is O=CC1=CC(C=O)=NC2=NC(=O)C=CC12. The molecule has 1 amide bonds. The lowest BCUT2D eigenvalue weighted by molar-refractivity contribution is -0.113. The molecule has 0 aromatic carbocycles. The molecule has 2 rings (SSSR count). The number of amides is 1. The molecule has 74 valence electrons. The molecule has 0 aromatic heterocycles. The summed E-state index contributed by atoms with van der Waals surface area (Å²) >= 11 is 0. The first-order chi connectivity index (χ1) is 7.24. The van der Waals surface area contributed by atoms with Gasteiger partial charge in [-0.1, -0.05) is 6.08 Å². The lowest BCUT2D eigenvalue weighted by Gasteiger charge is -2.18. The zero-order valence-corrected chi connectivity index (χ0v) is 7.58. The van der Waals surface area contributed by atoms with Crippen molar-refractivity contribution in [2.24, 2.45) is 15.9 Å². The number of amidine groups is 1. The first-order valence-corrected chi connectivity index (χ1v) is 4.26. The van der Waals surface area contributed by atoms with Crippen LogP contribution in [0.1, 0.15) is 0 Å². The van der Waals surface area contributed by atoms with Crippen molar-refractivity contribution in [1.29, 1.82) is 0 Å². The molecule has 0 bridgehead atoms. The summed E-state index contributed by atoms with van der Waals surface area (Å²) in [5.41, 5.74) is 0.491. The van der Waals surface area contributed by atoms with Gasteiger partial charge in [-0.25, -0.2) is 4.99 Å². The van der Waals surface area contributed by atoms with E-state index in [1.807, 2.05) is 0 Å². The first-order valence-electron chi connectivity index (χ1n) is 4.26. The van der Waals surface area contributed by atoms with Gasteiger partial charge in [-0.3, -0.25) is 14.4 Å². The van der Waals surface area contributed by atoms with E-state index in [2.05, 4.69) is 9.98 Å². The minimum absolute atomic E-state index is 0.107. The molecule has 0 radical (unpaired) electrons. The molecule has 0 aromatic rings. The molecule has 1 atom stereocenters. The summed E-state index contributed by atoms with van der Waals surface area (Å²) in [4.78, 5) is 39.7. The highest BCUT2D eigenvalue weighted by Crippen LogP contribution is 2.21. The topological polar surface area (TPSA) is 75.9 Å². The first kappa shape index (κ1) is 9.39. The van der Waals surface area contributed by atoms with Crippen LogP contribution in [0.3, 0.4) is 0 Å². The number of hydrogen-bond acceptors (Lipinski definition) is 4. The highest BCUT2D eigenvalue weighted by atomic mass is 16.1. The number of aliphatic imine (C=N–C) groups is 2. The highest BCUT2D eigenvalue weighted by molar-refractivity contribution is 6.38. The lowest BCUT2D eigenvalue weighted by Crippen LogP contribution is -2.25. The quantitative estimate of drug-likeness (QED) is 0.585. The third-order valence-corrected chi connectivity index (χ3v) is 2.11. The maximum atomic E-state index is 11.0. The Balaban J connectivity index is 2.50. The number of carbonyl (C=O) groups excluding carboxylic acids is 3. The second-order valence-corrected chi connectivity index (χ2v) is 3.06. The van der Waals surface area contributed by atoms with Gasteiger partial charge in [0.15, 0.2) is 6.29 Å². The largest absolute Gasteiger partial charge is 0.298 e. The van der Waals surface area contributed by atoms with Crippen molar-refractivity contribution in [2.75, 3.05) is 0 Å². The Morgan fingerprint density at radius 2 is 2.00 bits per heavy atom. The normalized spacial score (nSPS) is 23.6. The highest BCUT2D eigenvalue weighted by Gasteiger charge is 2.25. The molecule has 0 aliphatic carbocycles. The second kappa shape index (κ2) is 3.53. The minimum Gasteiger partial charge on any atom is -0.298 e. The monoisotopic (exact) mass is 202 g/mol. The van der Waals surface area contributed by atoms with E-state index in [-0.39, 0.29) is 11.5 Å². The molecule has 0 spiro atoms. The Morgan fingerprint density at radius 3 is 2.67 bits per heavy atom. The number of carbonyl (C=O) groups is 3. The maximum absolute atomic E-state index is 11.0. The number of hydrogen-bond donors (Lipinski definition) is 0. The standard InChI is InChI=1S/C10H6N2O3/c13-4-6-3-7(5-14)11-10-8(6)1-2-9(15)12-10/h1-5,8H. The predicted molar refractivity (Wildman–Crippen MR) is 52.7 cm³/mol. The van der Waals surface area contributed by atoms with E-state index < -0.39 is 11.8 Å². The summed E-state index contributed by atoms with van der Waals surface area (Å²) in [5.74, 6) is -0.625. The van der Waals surface area contributed by atoms with E-state index in [0.29, 0.717) is 18.1 Å². The molecule has 2 heterocycles. The van der Waals surface area contributed by atoms with Gasteiger partial charge in [0.05, 0.1) is 5.92 Å². The number of rotatable bonds is 2. The summed E-state index contributed by atoms with van der Waals surface area (Å²) < 4.78 is 0. The van der Waals surface area contributed by atoms with Crippen molar-refractivity contribution < 1.29 is 14.4 Å². The molecular formula is C10H6N2O3. The van der Waals surface area contributed by atoms with E-state index in [1.54, 1.807) is 6.08 Å². The van der Waals surface area contributed by atoms with Gasteiger partial charge in [-0.2, -0.15) is 4.99 Å². The van der Waals surface area contributed by atoms with Gasteiger partial charge in [-0.05, 0) is 6.08 Å². The fourth-order valence-corrected chi connectivity index (χ4v) is 1.43. The van der Waals surface area contributed by atoms with Crippen molar-refractivity contribution in [1.82, 2.24) is 0 Å². The third kappa shape index (κ3) is 1.59. The van der Waals surface area contributed by atoms with Crippen LogP contribution in [-0.4, -0.2) is 30.0 Å². The van der Waals surface area contributed by atoms with E-state index in [9.17, 15) is 14.4 Å². The number of dihydropyridines is 2. The van der Waals surface area contributed by atoms with Crippen LogP contribution in [-0.2, 0) is 14.4 Å². The van der Waals surface area contributed by atoms with Crippen LogP contribution in [0.2, 0.25) is 0 Å². The Kier molecular flexibility index (Phi) is 2.21. The van der Waals surface area contributed by atoms with Crippen LogP contribution in [0.4, 0.5) is 0 Å². The molecule has 2 aliphatic rings. The van der Waals surface area contributed by atoms with Gasteiger partial charge in [0, 0.05) is 11.6 Å². The van der Waals surface area contributed by atoms with E-state index >= 15 is 0 Å². The van der Waals surface area contributed by atoms with Crippen LogP contribution >= 0.6 is 0 Å². The zero-order valence-electron chi connectivity index (χ0n) is 7.58. The lowest BCUT2D eigenvalue weighted by atomic mass is 9.93. The summed E-state index contributed by atoms with van der Waals surface area (Å²) in [7, 11) is 0. The molecular weight excluding hydrogens is 196 g/mol. The number of fused-ring (bicyclic) bond motifs is 1. The van der Waals surface area contributed by atoms with Crippen LogP contribution in [0, 0.1) is 5.92 Å². The Labute approximate surface area is 84.9 Å². The molecule has 5 heteroatoms. The van der Waals surface area contributed by atoms with E-state index in [0.717, 1.165) is 0 Å². The van der Waals surface area contributed by atoms with Crippen LogP contribution in [0.25, 0.3) is 0 Å². The molecule has 0 fully saturated rings. The molecule has 5 nitrogen and oxygen atoms in total. The Hall–Kier alpha value is -2.17. The molecule has 0 saturated heterocycles. The number of allylic oxidation sites excluding steroid dienone is 1. The van der Waals surface area contributed by atoms with E-state index in [4.69, 9.17) is 0 Å². The second-order valence-electron chi connectivity index (χ2n) is 3.06. The zero-order chi connectivity index (χ0) is 10.8. The summed E-state index contributed by atoms with van der Waals surface area (Å²) in [6.07, 6.45) is 5.39. The van der Waals surface area contributed by atoms with Crippen molar-refractivity contribution in [3.8, 4) is 0 Å². The van der Waals surface area contributed by atoms with Crippen molar-refractivity contribution in [2.45, 2.75) is 0 Å². The Morgan fingerprint density at radius 1 is 1.20 bits per heavy atom. The summed E-state index contributed by atoms with van der Waals surface area (Å²) in [6, 6.07) is 0. The van der Waals surface area contributed by atoms with Gasteiger partial charge in [-0.15, -0.1) is 0 Å². The van der Waals surface area contributed by atoms with Gasteiger partial charge in [0.1, 0.15) is 17.8 Å². The number of nitrogens with zero attached hydrogens (tertiary/aromatic N) is 2. The predicted octanol–water partition coefficient (Wildman–Crippen LogP) is -0.124. The van der Waals surface area contributed by atoms with Crippen LogP contribution in [0.15, 0.2) is 33.8 Å². The number of aldehydes is 2. The van der Waals surface area contributed by atoms with Crippen molar-refractivity contribution in [3.63, 3.8) is 0 Å². The molecule has 0 N–H and O–H groups in total. The van der Waals surface area contributed by atoms with E-state index in [1.165, 1.54) is 12.2 Å². The van der Waals surface area contributed by atoms with Crippen LogP contribution in [0.5, 0.6) is 0 Å². The van der Waals surface area contributed by atoms with Gasteiger partial charge >= 0.3 is 0 Å². The average Bonchev–Trinajstić information content (AvgIpc) is 2.26. The molecule has 2 aliphatic heterocycles. The molecule has 0 saturated carbocycles. The van der Waals surface area contributed by atoms with Gasteiger partial charge < -0.3 is 0 Å². The Bertz CT molecular complexity index is 469. The third-order valence-electron chi connectivity index (χ3n) is 2.11. The van der Waals surface area contributed by atoms with Gasteiger partial charge in [0.25, 0.3) is 5.91 Å². The minimum atomic E-state index is -0.428. The van der Waals surface area contributed by atoms with Crippen LogP contribution < -0.4 is 0 Å². The summed E-state index contributed by atoms with van der Waals surface area (Å²) in [5, 5.41) is 0. The molecule has 15 heavy (non-hydrogen) atoms. The fourth-order valence-electron chi connectivity index (χ4n) is 1.43. The fraction of sp³-hybridized carbons (Fsp3) is 0.100. The average molecular weight is 202 g/mol. The van der Waals surface area contributed by atoms with Crippen molar-refractivity contribution >= 4 is 30.0 Å². The summed E-state index contributed by atoms with van der Waals surface area (Å²) in [6.45, 7) is 0. The maximum Gasteiger partial charge on any atom is 0.271 e.